The Labute approximate surface area is 102 Å². The lowest BCUT2D eigenvalue weighted by Gasteiger charge is -2.10. The summed E-state index contributed by atoms with van der Waals surface area (Å²) in [5, 5.41) is 3.43. The van der Waals surface area contributed by atoms with E-state index in [1.807, 2.05) is 0 Å². The standard InChI is InChI=1S/C13H30N2O/c1-13(2)14-9-7-5-6-8-11-16-12-10-15(3)4/h13-14H,5-12H2,1-4H3. The predicted molar refractivity (Wildman–Crippen MR) is 71.0 cm³/mol. The molecule has 0 saturated carbocycles. The lowest BCUT2D eigenvalue weighted by molar-refractivity contribution is 0.114. The Morgan fingerprint density at radius 2 is 1.69 bits per heavy atom. The van der Waals surface area contributed by atoms with Crippen LogP contribution in [0.3, 0.4) is 0 Å². The van der Waals surface area contributed by atoms with Crippen molar-refractivity contribution in [2.45, 2.75) is 45.6 Å². The summed E-state index contributed by atoms with van der Waals surface area (Å²) in [6, 6.07) is 0.620. The van der Waals surface area contributed by atoms with Crippen molar-refractivity contribution in [2.75, 3.05) is 40.4 Å². The van der Waals surface area contributed by atoms with Crippen molar-refractivity contribution in [3.8, 4) is 0 Å². The third-order valence-corrected chi connectivity index (χ3v) is 2.45. The first-order valence-electron chi connectivity index (χ1n) is 6.58. The maximum absolute atomic E-state index is 5.53. The van der Waals surface area contributed by atoms with Crippen LogP contribution < -0.4 is 5.32 Å². The number of nitrogens with zero attached hydrogens (tertiary/aromatic N) is 1. The van der Waals surface area contributed by atoms with Crippen LogP contribution in [0.15, 0.2) is 0 Å². The molecule has 0 heterocycles. The second-order valence-electron chi connectivity index (χ2n) is 4.94. The van der Waals surface area contributed by atoms with Crippen LogP contribution in [0.1, 0.15) is 39.5 Å². The largest absolute Gasteiger partial charge is 0.380 e. The molecule has 0 aromatic carbocycles. The summed E-state index contributed by atoms with van der Waals surface area (Å²) in [5.74, 6) is 0. The normalized spacial score (nSPS) is 11.6. The number of hydrogen-bond donors (Lipinski definition) is 1. The van der Waals surface area contributed by atoms with Gasteiger partial charge in [-0.25, -0.2) is 0 Å². The van der Waals surface area contributed by atoms with Crippen molar-refractivity contribution in [1.29, 1.82) is 0 Å². The van der Waals surface area contributed by atoms with Crippen LogP contribution >= 0.6 is 0 Å². The first kappa shape index (κ1) is 15.9. The van der Waals surface area contributed by atoms with Gasteiger partial charge < -0.3 is 15.0 Å². The first-order chi connectivity index (χ1) is 7.63. The van der Waals surface area contributed by atoms with E-state index in [2.05, 4.69) is 38.2 Å². The predicted octanol–water partition coefficient (Wildman–Crippen LogP) is 2.12. The van der Waals surface area contributed by atoms with Crippen LogP contribution in [-0.2, 0) is 4.74 Å². The summed E-state index contributed by atoms with van der Waals surface area (Å²) in [5.41, 5.74) is 0. The van der Waals surface area contributed by atoms with Gasteiger partial charge >= 0.3 is 0 Å². The summed E-state index contributed by atoms with van der Waals surface area (Å²) in [6.45, 7) is 8.35. The minimum Gasteiger partial charge on any atom is -0.380 e. The summed E-state index contributed by atoms with van der Waals surface area (Å²) < 4.78 is 5.53. The van der Waals surface area contributed by atoms with Crippen molar-refractivity contribution >= 4 is 0 Å². The molecule has 0 aliphatic carbocycles. The molecule has 0 amide bonds. The van der Waals surface area contributed by atoms with Crippen LogP contribution in [0, 0.1) is 0 Å². The van der Waals surface area contributed by atoms with Gasteiger partial charge in [-0.1, -0.05) is 26.7 Å². The highest BCUT2D eigenvalue weighted by atomic mass is 16.5. The number of hydrogen-bond acceptors (Lipinski definition) is 3. The van der Waals surface area contributed by atoms with Crippen molar-refractivity contribution in [3.05, 3.63) is 0 Å². The zero-order valence-electron chi connectivity index (χ0n) is 11.6. The van der Waals surface area contributed by atoms with E-state index >= 15 is 0 Å². The lowest BCUT2D eigenvalue weighted by Crippen LogP contribution is -2.23. The van der Waals surface area contributed by atoms with Crippen molar-refractivity contribution in [2.24, 2.45) is 0 Å². The summed E-state index contributed by atoms with van der Waals surface area (Å²) in [4.78, 5) is 2.15. The molecule has 1 N–H and O–H groups in total. The van der Waals surface area contributed by atoms with Gasteiger partial charge in [0.15, 0.2) is 0 Å². The molecule has 98 valence electrons. The quantitative estimate of drug-likeness (QED) is 0.550. The first-order valence-corrected chi connectivity index (χ1v) is 6.58. The minimum atomic E-state index is 0.620. The van der Waals surface area contributed by atoms with E-state index in [0.717, 1.165) is 26.3 Å². The molecule has 0 spiro atoms. The topological polar surface area (TPSA) is 24.5 Å². The second kappa shape index (κ2) is 11.4. The molecule has 0 aliphatic rings. The van der Waals surface area contributed by atoms with Crippen molar-refractivity contribution < 1.29 is 4.74 Å². The average Bonchev–Trinajstić information content (AvgIpc) is 2.20. The molecule has 0 saturated heterocycles. The molecule has 0 aromatic rings. The Morgan fingerprint density at radius 1 is 1.00 bits per heavy atom. The second-order valence-corrected chi connectivity index (χ2v) is 4.94. The highest BCUT2D eigenvalue weighted by Crippen LogP contribution is 1.99. The maximum atomic E-state index is 5.53. The molecular formula is C13H30N2O. The third kappa shape index (κ3) is 13.9. The Hall–Kier alpha value is -0.120. The molecule has 0 aliphatic heterocycles. The van der Waals surface area contributed by atoms with E-state index in [9.17, 15) is 0 Å². The molecule has 0 aromatic heterocycles. The third-order valence-electron chi connectivity index (χ3n) is 2.45. The maximum Gasteiger partial charge on any atom is 0.0593 e. The van der Waals surface area contributed by atoms with E-state index in [1.54, 1.807) is 0 Å². The number of ether oxygens (including phenoxy) is 1. The molecule has 0 radical (unpaired) electrons. The van der Waals surface area contributed by atoms with E-state index in [1.165, 1.54) is 25.7 Å². The monoisotopic (exact) mass is 230 g/mol. The fourth-order valence-corrected chi connectivity index (χ4v) is 1.42. The SMILES string of the molecule is CC(C)NCCCCCCOCCN(C)C. The molecule has 0 bridgehead atoms. The summed E-state index contributed by atoms with van der Waals surface area (Å²) in [6.07, 6.45) is 5.10. The molecule has 0 unspecified atom stereocenters. The van der Waals surface area contributed by atoms with Crippen LogP contribution in [0.4, 0.5) is 0 Å². The van der Waals surface area contributed by atoms with Gasteiger partial charge in [-0.15, -0.1) is 0 Å². The number of unbranched alkanes of at least 4 members (excludes halogenated alkanes) is 3. The van der Waals surface area contributed by atoms with Crippen molar-refractivity contribution in [3.63, 3.8) is 0 Å². The molecule has 3 heteroatoms. The zero-order valence-corrected chi connectivity index (χ0v) is 11.6. The highest BCUT2D eigenvalue weighted by Gasteiger charge is 1.94. The molecule has 0 atom stereocenters. The number of rotatable bonds is 11. The van der Waals surface area contributed by atoms with Gasteiger partial charge in [-0.3, -0.25) is 0 Å². The zero-order chi connectivity index (χ0) is 12.2. The average molecular weight is 230 g/mol. The Morgan fingerprint density at radius 3 is 2.31 bits per heavy atom. The fraction of sp³-hybridized carbons (Fsp3) is 1.00. The Balaban J connectivity index is 2.93. The Bertz CT molecular complexity index is 122. The Kier molecular flexibility index (Phi) is 11.3. The van der Waals surface area contributed by atoms with Gasteiger partial charge in [0.25, 0.3) is 0 Å². The van der Waals surface area contributed by atoms with Gasteiger partial charge in [0.05, 0.1) is 6.61 Å². The van der Waals surface area contributed by atoms with Gasteiger partial charge in [-0.05, 0) is 33.5 Å². The lowest BCUT2D eigenvalue weighted by atomic mass is 10.2. The molecule has 0 rings (SSSR count). The summed E-state index contributed by atoms with van der Waals surface area (Å²) in [7, 11) is 4.15. The molecule has 3 nitrogen and oxygen atoms in total. The van der Waals surface area contributed by atoms with Gasteiger partial charge in [0.1, 0.15) is 0 Å². The van der Waals surface area contributed by atoms with Gasteiger partial charge in [0, 0.05) is 19.2 Å². The van der Waals surface area contributed by atoms with E-state index < -0.39 is 0 Å². The van der Waals surface area contributed by atoms with Gasteiger partial charge in [-0.2, -0.15) is 0 Å². The number of nitrogens with one attached hydrogen (secondary N) is 1. The van der Waals surface area contributed by atoms with E-state index in [-0.39, 0.29) is 0 Å². The van der Waals surface area contributed by atoms with Gasteiger partial charge in [0.2, 0.25) is 0 Å². The molecule has 0 fully saturated rings. The fourth-order valence-electron chi connectivity index (χ4n) is 1.42. The van der Waals surface area contributed by atoms with Crippen molar-refractivity contribution in [1.82, 2.24) is 10.2 Å². The minimum absolute atomic E-state index is 0.620. The smallest absolute Gasteiger partial charge is 0.0593 e. The van der Waals surface area contributed by atoms with E-state index in [4.69, 9.17) is 4.74 Å². The van der Waals surface area contributed by atoms with Crippen LogP contribution in [0.2, 0.25) is 0 Å². The molecule has 16 heavy (non-hydrogen) atoms. The van der Waals surface area contributed by atoms with Crippen LogP contribution in [0.5, 0.6) is 0 Å². The highest BCUT2D eigenvalue weighted by molar-refractivity contribution is 4.53. The number of likely N-dealkylation sites (N-methyl/N-ethyl adjacent to an activating group) is 1. The summed E-state index contributed by atoms with van der Waals surface area (Å²) >= 11 is 0. The van der Waals surface area contributed by atoms with E-state index in [0.29, 0.717) is 6.04 Å². The molecular weight excluding hydrogens is 200 g/mol. The van der Waals surface area contributed by atoms with Crippen LogP contribution in [0.25, 0.3) is 0 Å². The van der Waals surface area contributed by atoms with Crippen LogP contribution in [-0.4, -0.2) is 51.3 Å².